The van der Waals surface area contributed by atoms with Crippen molar-refractivity contribution in [3.63, 3.8) is 0 Å². The molecule has 1 aliphatic heterocycles. The van der Waals surface area contributed by atoms with Crippen LogP contribution in [0.25, 0.3) is 0 Å². The van der Waals surface area contributed by atoms with Crippen molar-refractivity contribution < 1.29 is 31.1 Å². The standard InChI is InChI=1S/C22H27FN2O6S2/c1-31-22(26)18-5-6-19(21(23)13-18)15-25(32(27)28)9-7-16-3-2-4-17(11-16)12-20-14-24-8-10-33(20,29)30/h2-6,11,13,20,24H,7-10,12,14-15H2,1H3,(H,27,28)/p-1. The van der Waals surface area contributed by atoms with Crippen molar-refractivity contribution in [2.24, 2.45) is 0 Å². The molecule has 11 heteroatoms. The third-order valence-corrected chi connectivity index (χ3v) is 8.44. The molecule has 2 aromatic carbocycles. The summed E-state index contributed by atoms with van der Waals surface area (Å²) in [4.78, 5) is 11.5. The quantitative estimate of drug-likeness (QED) is 0.411. The van der Waals surface area contributed by atoms with Gasteiger partial charge in [0, 0.05) is 43.0 Å². The highest BCUT2D eigenvalue weighted by Gasteiger charge is 2.28. The van der Waals surface area contributed by atoms with Crippen LogP contribution in [-0.2, 0) is 45.2 Å². The van der Waals surface area contributed by atoms with Crippen LogP contribution < -0.4 is 5.32 Å². The van der Waals surface area contributed by atoms with Crippen LogP contribution in [0.3, 0.4) is 0 Å². The van der Waals surface area contributed by atoms with Gasteiger partial charge in [0.2, 0.25) is 0 Å². The van der Waals surface area contributed by atoms with E-state index >= 15 is 0 Å². The van der Waals surface area contributed by atoms with Gasteiger partial charge in [-0.1, -0.05) is 30.3 Å². The largest absolute Gasteiger partial charge is 0.760 e. The molecule has 1 aliphatic rings. The molecule has 0 spiro atoms. The molecule has 2 unspecified atom stereocenters. The molecule has 0 radical (unpaired) electrons. The second-order valence-electron chi connectivity index (χ2n) is 7.85. The van der Waals surface area contributed by atoms with Crippen LogP contribution >= 0.6 is 0 Å². The molecule has 33 heavy (non-hydrogen) atoms. The first-order valence-corrected chi connectivity index (χ1v) is 13.2. The van der Waals surface area contributed by atoms with E-state index in [-0.39, 0.29) is 30.0 Å². The fourth-order valence-corrected chi connectivity index (χ4v) is 5.78. The van der Waals surface area contributed by atoms with Gasteiger partial charge in [-0.25, -0.2) is 21.9 Å². The average molecular weight is 498 g/mol. The van der Waals surface area contributed by atoms with Gasteiger partial charge >= 0.3 is 5.97 Å². The Morgan fingerprint density at radius 3 is 2.70 bits per heavy atom. The van der Waals surface area contributed by atoms with Crippen molar-refractivity contribution in [2.75, 3.05) is 32.5 Å². The molecule has 1 N–H and O–H groups in total. The monoisotopic (exact) mass is 497 g/mol. The lowest BCUT2D eigenvalue weighted by molar-refractivity contribution is 0.0600. The van der Waals surface area contributed by atoms with E-state index in [0.29, 0.717) is 25.9 Å². The highest BCUT2D eigenvalue weighted by Crippen LogP contribution is 2.17. The summed E-state index contributed by atoms with van der Waals surface area (Å²) in [5.41, 5.74) is 1.89. The number of nitrogens with one attached hydrogen (secondary N) is 1. The number of benzene rings is 2. The lowest BCUT2D eigenvalue weighted by atomic mass is 10.0. The van der Waals surface area contributed by atoms with Crippen molar-refractivity contribution in [1.82, 2.24) is 9.62 Å². The first-order valence-electron chi connectivity index (χ1n) is 10.4. The van der Waals surface area contributed by atoms with Crippen molar-refractivity contribution >= 4 is 27.1 Å². The van der Waals surface area contributed by atoms with Crippen molar-refractivity contribution in [3.05, 3.63) is 70.5 Å². The van der Waals surface area contributed by atoms with Gasteiger partial charge in [0.05, 0.1) is 23.7 Å². The van der Waals surface area contributed by atoms with Gasteiger partial charge < -0.3 is 14.6 Å². The molecule has 180 valence electrons. The van der Waals surface area contributed by atoms with Gasteiger partial charge in [-0.3, -0.25) is 4.21 Å². The number of hydrogen-bond acceptors (Lipinski definition) is 7. The van der Waals surface area contributed by atoms with E-state index in [4.69, 9.17) is 0 Å². The van der Waals surface area contributed by atoms with E-state index < -0.39 is 38.1 Å². The summed E-state index contributed by atoms with van der Waals surface area (Å²) >= 11 is -2.59. The molecule has 0 bridgehead atoms. The number of nitrogens with zero attached hydrogens (tertiary/aromatic N) is 1. The minimum Gasteiger partial charge on any atom is -0.760 e. The van der Waals surface area contributed by atoms with Crippen LogP contribution in [0.15, 0.2) is 42.5 Å². The van der Waals surface area contributed by atoms with Gasteiger partial charge in [0.1, 0.15) is 5.82 Å². The molecule has 1 saturated heterocycles. The third-order valence-electron chi connectivity index (χ3n) is 5.58. The molecule has 2 aromatic rings. The number of methoxy groups -OCH3 is 1. The number of esters is 1. The van der Waals surface area contributed by atoms with Crippen molar-refractivity contribution in [1.29, 1.82) is 0 Å². The molecule has 0 amide bonds. The zero-order valence-corrected chi connectivity index (χ0v) is 19.8. The molecule has 1 fully saturated rings. The smallest absolute Gasteiger partial charge is 0.337 e. The minimum atomic E-state index is -3.14. The Morgan fingerprint density at radius 1 is 1.27 bits per heavy atom. The lowest BCUT2D eigenvalue weighted by Crippen LogP contribution is -2.44. The lowest BCUT2D eigenvalue weighted by Gasteiger charge is -2.25. The topological polar surface area (TPSA) is 116 Å². The van der Waals surface area contributed by atoms with E-state index in [1.54, 1.807) is 0 Å². The first kappa shape index (κ1) is 25.4. The average Bonchev–Trinajstić information content (AvgIpc) is 2.78. The number of carbonyl (C=O) groups is 1. The van der Waals surface area contributed by atoms with Crippen LogP contribution in [0.2, 0.25) is 0 Å². The molecule has 3 rings (SSSR count). The molecule has 0 aromatic heterocycles. The van der Waals surface area contributed by atoms with Crippen LogP contribution in [0.4, 0.5) is 4.39 Å². The van der Waals surface area contributed by atoms with E-state index in [9.17, 15) is 26.4 Å². The maximum Gasteiger partial charge on any atom is 0.337 e. The summed E-state index contributed by atoms with van der Waals surface area (Å²) < 4.78 is 68.0. The van der Waals surface area contributed by atoms with Crippen LogP contribution in [-0.4, -0.2) is 65.2 Å². The summed E-state index contributed by atoms with van der Waals surface area (Å²) in [6.07, 6.45) is 0.761. The SMILES string of the molecule is COC(=O)c1ccc(CN(CCc2cccc(CC3CNCCS3(=O)=O)c2)S(=O)[O-])c(F)c1. The van der Waals surface area contributed by atoms with Crippen molar-refractivity contribution in [2.45, 2.75) is 24.6 Å². The van der Waals surface area contributed by atoms with Gasteiger partial charge in [-0.15, -0.1) is 0 Å². The highest BCUT2D eigenvalue weighted by molar-refractivity contribution is 7.92. The Bertz CT molecular complexity index is 1130. The number of carbonyl (C=O) groups excluding carboxylic acids is 1. The third kappa shape index (κ3) is 6.90. The van der Waals surface area contributed by atoms with Crippen molar-refractivity contribution in [3.8, 4) is 0 Å². The summed E-state index contributed by atoms with van der Waals surface area (Å²) in [7, 11) is -1.95. The maximum atomic E-state index is 14.4. The Labute approximate surface area is 195 Å². The van der Waals surface area contributed by atoms with Crippen LogP contribution in [0.1, 0.15) is 27.0 Å². The zero-order chi connectivity index (χ0) is 24.0. The Kier molecular flexibility index (Phi) is 8.71. The molecular formula is C22H26FN2O6S2-. The van der Waals surface area contributed by atoms with E-state index in [2.05, 4.69) is 10.1 Å². The summed E-state index contributed by atoms with van der Waals surface area (Å²) in [6, 6.07) is 11.2. The molecule has 1 heterocycles. The first-order chi connectivity index (χ1) is 15.7. The predicted molar refractivity (Wildman–Crippen MR) is 121 cm³/mol. The van der Waals surface area contributed by atoms with Gasteiger partial charge in [0.25, 0.3) is 0 Å². The Morgan fingerprint density at radius 2 is 2.03 bits per heavy atom. The van der Waals surface area contributed by atoms with E-state index in [1.807, 2.05) is 24.3 Å². The maximum absolute atomic E-state index is 14.4. The fraction of sp³-hybridized carbons (Fsp3) is 0.409. The second kappa shape index (κ2) is 11.3. The fourth-order valence-electron chi connectivity index (χ4n) is 3.72. The number of halogens is 1. The van der Waals surface area contributed by atoms with Gasteiger partial charge in [0.15, 0.2) is 9.84 Å². The minimum absolute atomic E-state index is 0.0422. The Hall–Kier alpha value is -2.18. The summed E-state index contributed by atoms with van der Waals surface area (Å²) in [6.45, 7) is 0.805. The number of ether oxygens (including phenoxy) is 1. The highest BCUT2D eigenvalue weighted by atomic mass is 32.2. The van der Waals surface area contributed by atoms with E-state index in [1.165, 1.54) is 19.2 Å². The number of hydrogen-bond donors (Lipinski definition) is 1. The predicted octanol–water partition coefficient (Wildman–Crippen LogP) is 1.38. The van der Waals surface area contributed by atoms with Crippen LogP contribution in [0, 0.1) is 5.82 Å². The molecule has 0 aliphatic carbocycles. The molecule has 0 saturated carbocycles. The van der Waals surface area contributed by atoms with Gasteiger partial charge in [-0.2, -0.15) is 0 Å². The number of sulfone groups is 1. The molecular weight excluding hydrogens is 471 g/mol. The zero-order valence-electron chi connectivity index (χ0n) is 18.2. The second-order valence-corrected chi connectivity index (χ2v) is 11.2. The summed E-state index contributed by atoms with van der Waals surface area (Å²) in [5.74, 6) is -1.25. The van der Waals surface area contributed by atoms with Crippen LogP contribution in [0.5, 0.6) is 0 Å². The molecule has 8 nitrogen and oxygen atoms in total. The normalized spacial score (nSPS) is 18.7. The number of rotatable bonds is 9. The molecule has 2 atom stereocenters. The van der Waals surface area contributed by atoms with E-state index in [0.717, 1.165) is 21.5 Å². The Balaban J connectivity index is 1.65. The summed E-state index contributed by atoms with van der Waals surface area (Å²) in [5, 5.41) is 2.62. The van der Waals surface area contributed by atoms with Gasteiger partial charge in [-0.05, 0) is 36.1 Å².